The van der Waals surface area contributed by atoms with E-state index in [1.165, 1.54) is 70.3 Å². The predicted octanol–water partition coefficient (Wildman–Crippen LogP) is 16.4. The number of aromatic nitrogens is 1. The summed E-state index contributed by atoms with van der Waals surface area (Å²) in [5, 5.41) is 6.09. The second-order valence-corrected chi connectivity index (χ2v) is 16.3. The van der Waals surface area contributed by atoms with Crippen LogP contribution in [0.2, 0.25) is 0 Å². The monoisotopic (exact) mass is 784 g/mol. The van der Waals surface area contributed by atoms with Gasteiger partial charge in [0.05, 0.1) is 11.2 Å². The first-order chi connectivity index (χ1) is 29.8. The Bertz CT molecular complexity index is 3510. The summed E-state index contributed by atoms with van der Waals surface area (Å²) in [5.41, 5.74) is 14.4. The lowest BCUT2D eigenvalue weighted by atomic mass is 10.00. The highest BCUT2D eigenvalue weighted by Crippen LogP contribution is 2.47. The average molecular weight is 785 g/mol. The molecule has 0 unspecified atom stereocenters. The smallest absolute Gasteiger partial charge is 0.159 e. The van der Waals surface area contributed by atoms with Gasteiger partial charge in [-0.1, -0.05) is 164 Å². The van der Waals surface area contributed by atoms with E-state index in [0.29, 0.717) is 0 Å². The molecule has 0 saturated heterocycles. The molecule has 0 saturated carbocycles. The highest BCUT2D eigenvalue weighted by molar-refractivity contribution is 7.26. The third-order valence-electron chi connectivity index (χ3n) is 11.8. The van der Waals surface area contributed by atoms with E-state index in [0.717, 1.165) is 39.0 Å². The van der Waals surface area contributed by atoms with Crippen molar-refractivity contribution in [2.75, 3.05) is 4.90 Å². The molecule has 0 amide bonds. The van der Waals surface area contributed by atoms with Gasteiger partial charge in [-0.15, -0.1) is 11.3 Å². The number of para-hydroxylation sites is 4. The highest BCUT2D eigenvalue weighted by atomic mass is 32.1. The summed E-state index contributed by atoms with van der Waals surface area (Å²) in [6, 6.07) is 78.3. The van der Waals surface area contributed by atoms with Crippen molar-refractivity contribution in [1.29, 1.82) is 0 Å². The molecule has 0 fully saturated rings. The Hall–Kier alpha value is -7.66. The lowest BCUT2D eigenvalue weighted by molar-refractivity contribution is 0.669. The molecule has 0 N–H and O–H groups in total. The maximum atomic E-state index is 6.64. The fourth-order valence-corrected chi connectivity index (χ4v) is 10.4. The molecule has 4 heteroatoms. The topological polar surface area (TPSA) is 21.3 Å². The third kappa shape index (κ3) is 5.57. The zero-order valence-electron chi connectivity index (χ0n) is 32.5. The summed E-state index contributed by atoms with van der Waals surface area (Å²) in [7, 11) is 0. The van der Waals surface area contributed by atoms with Gasteiger partial charge in [0.1, 0.15) is 10.4 Å². The van der Waals surface area contributed by atoms with Gasteiger partial charge in [0.15, 0.2) is 5.58 Å². The Labute approximate surface area is 351 Å². The van der Waals surface area contributed by atoms with Gasteiger partial charge in [-0.05, 0) is 88.0 Å². The fraction of sp³-hybridized carbons (Fsp3) is 0. The lowest BCUT2D eigenvalue weighted by Crippen LogP contribution is -2.10. The van der Waals surface area contributed by atoms with Crippen LogP contribution in [0.3, 0.4) is 0 Å². The van der Waals surface area contributed by atoms with Gasteiger partial charge in [0.25, 0.3) is 0 Å². The molecule has 0 spiro atoms. The van der Waals surface area contributed by atoms with Crippen molar-refractivity contribution in [1.82, 2.24) is 4.57 Å². The van der Waals surface area contributed by atoms with Gasteiger partial charge < -0.3 is 13.9 Å². The first kappa shape index (κ1) is 34.4. The van der Waals surface area contributed by atoms with E-state index >= 15 is 0 Å². The van der Waals surface area contributed by atoms with E-state index in [1.54, 1.807) is 0 Å². The highest BCUT2D eigenvalue weighted by Gasteiger charge is 2.22. The van der Waals surface area contributed by atoms with Crippen LogP contribution in [-0.4, -0.2) is 4.57 Å². The van der Waals surface area contributed by atoms with Crippen LogP contribution in [0.1, 0.15) is 0 Å². The molecule has 12 rings (SSSR count). The standard InChI is InChI=1S/C56H36N2OS/c1-3-13-37(14-4-1)38-25-27-39(28-26-38)40-29-33-43(34-30-40)57(51-23-12-20-47-46-17-8-10-24-52(46)59-54(47)51)44-35-31-41(32-36-44)45-19-11-21-49-53-48-18-7-9-22-50(48)58(56(53)60-55(45)49)42-15-5-2-6-16-42/h1-36H. The Kier molecular flexibility index (Phi) is 8.03. The van der Waals surface area contributed by atoms with Crippen molar-refractivity contribution in [2.45, 2.75) is 0 Å². The number of hydrogen-bond acceptors (Lipinski definition) is 3. The number of hydrogen-bond donors (Lipinski definition) is 0. The SMILES string of the molecule is c1ccc(-c2ccc(-c3ccc(N(c4ccc(-c5cccc6c5sc5c6c6ccccc6n5-c5ccccc5)cc4)c4cccc5c4oc4ccccc45)cc3)cc2)cc1. The zero-order chi connectivity index (χ0) is 39.6. The van der Waals surface area contributed by atoms with Crippen LogP contribution < -0.4 is 4.90 Å². The molecule has 0 radical (unpaired) electrons. The number of fused-ring (bicyclic) bond motifs is 8. The molecule has 0 atom stereocenters. The van der Waals surface area contributed by atoms with E-state index in [2.05, 4.69) is 222 Å². The summed E-state index contributed by atoms with van der Waals surface area (Å²) < 4.78 is 10.4. The number of benzene rings is 9. The quantitative estimate of drug-likeness (QED) is 0.161. The first-order valence-corrected chi connectivity index (χ1v) is 21.2. The number of nitrogens with zero attached hydrogens (tertiary/aromatic N) is 2. The molecule has 3 aromatic heterocycles. The molecule has 0 bridgehead atoms. The largest absolute Gasteiger partial charge is 0.454 e. The van der Waals surface area contributed by atoms with Crippen LogP contribution in [0, 0.1) is 0 Å². The van der Waals surface area contributed by atoms with Gasteiger partial charge in [-0.25, -0.2) is 0 Å². The first-order valence-electron chi connectivity index (χ1n) is 20.3. The van der Waals surface area contributed by atoms with E-state index in [9.17, 15) is 0 Å². The summed E-state index contributed by atoms with van der Waals surface area (Å²) in [4.78, 5) is 3.59. The second kappa shape index (κ2) is 14.0. The van der Waals surface area contributed by atoms with Crippen LogP contribution in [0.5, 0.6) is 0 Å². The molecule has 9 aromatic carbocycles. The summed E-state index contributed by atoms with van der Waals surface area (Å²) in [6.07, 6.45) is 0. The van der Waals surface area contributed by atoms with E-state index in [4.69, 9.17) is 4.42 Å². The Morgan fingerprint density at radius 2 is 0.933 bits per heavy atom. The minimum absolute atomic E-state index is 0.865. The fourth-order valence-electron chi connectivity index (χ4n) is 8.99. The van der Waals surface area contributed by atoms with Gasteiger partial charge in [0.2, 0.25) is 0 Å². The molecule has 0 aliphatic rings. The van der Waals surface area contributed by atoms with E-state index in [-0.39, 0.29) is 0 Å². The number of furan rings is 1. The number of rotatable bonds is 7. The normalized spacial score (nSPS) is 11.7. The van der Waals surface area contributed by atoms with Crippen LogP contribution in [-0.2, 0) is 0 Å². The molecule has 3 heterocycles. The molecule has 60 heavy (non-hydrogen) atoms. The summed E-state index contributed by atoms with van der Waals surface area (Å²) in [5.74, 6) is 0. The molecular weight excluding hydrogens is 749 g/mol. The van der Waals surface area contributed by atoms with Crippen LogP contribution in [0.4, 0.5) is 17.1 Å². The molecular formula is C56H36N2OS. The summed E-state index contributed by atoms with van der Waals surface area (Å²) in [6.45, 7) is 0. The van der Waals surface area contributed by atoms with Crippen LogP contribution in [0.15, 0.2) is 223 Å². The molecule has 3 nitrogen and oxygen atoms in total. The Morgan fingerprint density at radius 3 is 1.65 bits per heavy atom. The van der Waals surface area contributed by atoms with Crippen LogP contribution >= 0.6 is 11.3 Å². The number of thiophene rings is 1. The van der Waals surface area contributed by atoms with Gasteiger partial charge >= 0.3 is 0 Å². The van der Waals surface area contributed by atoms with Crippen molar-refractivity contribution < 1.29 is 4.42 Å². The predicted molar refractivity (Wildman–Crippen MR) is 254 cm³/mol. The Morgan fingerprint density at radius 1 is 0.400 bits per heavy atom. The van der Waals surface area contributed by atoms with Crippen molar-refractivity contribution in [2.24, 2.45) is 0 Å². The van der Waals surface area contributed by atoms with Crippen LogP contribution in [0.25, 0.3) is 92.2 Å². The second-order valence-electron chi connectivity index (χ2n) is 15.3. The Balaban J connectivity index is 0.969. The number of anilines is 3. The van der Waals surface area contributed by atoms with E-state index in [1.807, 2.05) is 17.4 Å². The van der Waals surface area contributed by atoms with Gasteiger partial charge in [0, 0.05) is 48.7 Å². The zero-order valence-corrected chi connectivity index (χ0v) is 33.3. The molecule has 0 aliphatic carbocycles. The van der Waals surface area contributed by atoms with Crippen molar-refractivity contribution in [3.63, 3.8) is 0 Å². The maximum absolute atomic E-state index is 6.64. The van der Waals surface area contributed by atoms with E-state index < -0.39 is 0 Å². The van der Waals surface area contributed by atoms with Gasteiger partial charge in [-0.3, -0.25) is 0 Å². The van der Waals surface area contributed by atoms with Crippen molar-refractivity contribution in [3.05, 3.63) is 218 Å². The summed E-state index contributed by atoms with van der Waals surface area (Å²) >= 11 is 1.88. The minimum Gasteiger partial charge on any atom is -0.454 e. The maximum Gasteiger partial charge on any atom is 0.159 e. The van der Waals surface area contributed by atoms with Crippen molar-refractivity contribution in [3.8, 4) is 39.1 Å². The molecule has 0 aliphatic heterocycles. The van der Waals surface area contributed by atoms with Gasteiger partial charge in [-0.2, -0.15) is 0 Å². The third-order valence-corrected chi connectivity index (χ3v) is 13.1. The molecule has 282 valence electrons. The average Bonchev–Trinajstić information content (AvgIpc) is 4.00. The minimum atomic E-state index is 0.865. The van der Waals surface area contributed by atoms with Crippen molar-refractivity contribution >= 4 is 81.5 Å². The molecule has 12 aromatic rings. The lowest BCUT2D eigenvalue weighted by Gasteiger charge is -2.26.